The van der Waals surface area contributed by atoms with Crippen LogP contribution >= 0.6 is 0 Å². The van der Waals surface area contributed by atoms with Crippen molar-refractivity contribution in [2.75, 3.05) is 27.2 Å². The highest BCUT2D eigenvalue weighted by Gasteiger charge is 2.22. The summed E-state index contributed by atoms with van der Waals surface area (Å²) < 4.78 is 25.0. The van der Waals surface area contributed by atoms with Gasteiger partial charge in [0.25, 0.3) is 15.9 Å². The highest BCUT2D eigenvalue weighted by molar-refractivity contribution is 7.89. The minimum absolute atomic E-state index is 0.0362. The van der Waals surface area contributed by atoms with Crippen molar-refractivity contribution in [2.24, 2.45) is 0 Å². The highest BCUT2D eigenvalue weighted by atomic mass is 32.2. The second kappa shape index (κ2) is 7.21. The van der Waals surface area contributed by atoms with Gasteiger partial charge in [-0.2, -0.15) is 0 Å². The monoisotopic (exact) mass is 326 g/mol. The molecule has 1 aromatic carbocycles. The van der Waals surface area contributed by atoms with Crippen molar-refractivity contribution in [3.05, 3.63) is 29.8 Å². The van der Waals surface area contributed by atoms with Gasteiger partial charge in [0.05, 0.1) is 12.0 Å². The molecule has 1 aromatic rings. The summed E-state index contributed by atoms with van der Waals surface area (Å²) in [5.74, 6) is -0.0362. The van der Waals surface area contributed by atoms with Crippen molar-refractivity contribution in [2.45, 2.75) is 30.6 Å². The van der Waals surface area contributed by atoms with Gasteiger partial charge in [0.1, 0.15) is 0 Å². The molecular formula is C15H22N2O4S. The van der Waals surface area contributed by atoms with Crippen LogP contribution in [-0.2, 0) is 14.9 Å². The molecule has 0 saturated carbocycles. The van der Waals surface area contributed by atoms with E-state index >= 15 is 0 Å². The number of carbonyl (C=O) groups excluding carboxylic acids is 1. The Morgan fingerprint density at radius 1 is 1.09 bits per heavy atom. The van der Waals surface area contributed by atoms with Crippen LogP contribution < -0.4 is 0 Å². The molecule has 0 N–H and O–H groups in total. The lowest BCUT2D eigenvalue weighted by atomic mass is 10.2. The average Bonchev–Trinajstić information content (AvgIpc) is 2.82. The van der Waals surface area contributed by atoms with Crippen LogP contribution in [-0.4, -0.2) is 50.9 Å². The number of sulfonamides is 1. The van der Waals surface area contributed by atoms with Gasteiger partial charge in [-0.3, -0.25) is 9.63 Å². The molecule has 0 aliphatic carbocycles. The van der Waals surface area contributed by atoms with Crippen LogP contribution in [0.2, 0.25) is 0 Å². The molecule has 0 radical (unpaired) electrons. The minimum Gasteiger partial charge on any atom is -0.339 e. The standard InChI is InChI=1S/C15H22N2O4S/c1-16(21-2)22(19,20)14-9-7-13(8-10-14)15(18)17-11-5-3-4-6-12-17/h7-10H,3-6,11-12H2,1-2H3. The first-order valence-corrected chi connectivity index (χ1v) is 8.83. The smallest absolute Gasteiger partial charge is 0.264 e. The number of likely N-dealkylation sites (tertiary alicyclic amines) is 1. The van der Waals surface area contributed by atoms with Crippen LogP contribution in [0.1, 0.15) is 36.0 Å². The van der Waals surface area contributed by atoms with E-state index in [1.807, 2.05) is 4.90 Å². The fourth-order valence-electron chi connectivity index (χ4n) is 2.47. The Balaban J connectivity index is 2.16. The predicted molar refractivity (Wildman–Crippen MR) is 82.8 cm³/mol. The lowest BCUT2D eigenvalue weighted by Crippen LogP contribution is -2.32. The molecule has 0 spiro atoms. The van der Waals surface area contributed by atoms with Crippen LogP contribution in [0.15, 0.2) is 29.2 Å². The maximum atomic E-state index is 12.4. The van der Waals surface area contributed by atoms with Crippen LogP contribution in [0.4, 0.5) is 0 Å². The Kier molecular flexibility index (Phi) is 5.55. The largest absolute Gasteiger partial charge is 0.339 e. The number of nitrogens with zero attached hydrogens (tertiary/aromatic N) is 2. The van der Waals surface area contributed by atoms with E-state index in [4.69, 9.17) is 4.84 Å². The molecule has 1 heterocycles. The lowest BCUT2D eigenvalue weighted by molar-refractivity contribution is -0.0258. The van der Waals surface area contributed by atoms with Crippen LogP contribution in [0.25, 0.3) is 0 Å². The van der Waals surface area contributed by atoms with Crippen molar-refractivity contribution in [3.8, 4) is 0 Å². The Morgan fingerprint density at radius 3 is 2.14 bits per heavy atom. The summed E-state index contributed by atoms with van der Waals surface area (Å²) in [7, 11) is -1.06. The third kappa shape index (κ3) is 3.66. The zero-order chi connectivity index (χ0) is 16.2. The van der Waals surface area contributed by atoms with Crippen LogP contribution in [0.3, 0.4) is 0 Å². The van der Waals surface area contributed by atoms with Crippen LogP contribution in [0.5, 0.6) is 0 Å². The summed E-state index contributed by atoms with van der Waals surface area (Å²) in [6.45, 7) is 1.54. The van der Waals surface area contributed by atoms with E-state index in [1.165, 1.54) is 26.3 Å². The van der Waals surface area contributed by atoms with Crippen molar-refractivity contribution < 1.29 is 18.0 Å². The summed E-state index contributed by atoms with van der Waals surface area (Å²) in [6.07, 6.45) is 4.36. The second-order valence-electron chi connectivity index (χ2n) is 5.33. The normalized spacial score (nSPS) is 16.6. The Bertz CT molecular complexity index is 605. The first kappa shape index (κ1) is 16.9. The van der Waals surface area contributed by atoms with Gasteiger partial charge in [-0.1, -0.05) is 17.3 Å². The van der Waals surface area contributed by atoms with Gasteiger partial charge in [-0.05, 0) is 37.1 Å². The topological polar surface area (TPSA) is 66.9 Å². The SMILES string of the molecule is CON(C)S(=O)(=O)c1ccc(C(=O)N2CCCCCC2)cc1. The van der Waals surface area contributed by atoms with Crippen LogP contribution in [0, 0.1) is 0 Å². The number of benzene rings is 1. The maximum absolute atomic E-state index is 12.4. The Labute approximate surface area is 131 Å². The maximum Gasteiger partial charge on any atom is 0.264 e. The molecule has 0 unspecified atom stereocenters. The Morgan fingerprint density at radius 2 is 1.64 bits per heavy atom. The molecule has 0 atom stereocenters. The quantitative estimate of drug-likeness (QED) is 0.793. The number of rotatable bonds is 4. The zero-order valence-corrected chi connectivity index (χ0v) is 13.8. The molecule has 0 bridgehead atoms. The average molecular weight is 326 g/mol. The van der Waals surface area contributed by atoms with E-state index in [-0.39, 0.29) is 10.8 Å². The zero-order valence-electron chi connectivity index (χ0n) is 13.0. The first-order chi connectivity index (χ1) is 10.5. The molecule has 1 aliphatic heterocycles. The van der Waals surface area contributed by atoms with E-state index < -0.39 is 10.0 Å². The highest BCUT2D eigenvalue weighted by Crippen LogP contribution is 2.17. The van der Waals surface area contributed by atoms with E-state index in [9.17, 15) is 13.2 Å². The number of amides is 1. The fraction of sp³-hybridized carbons (Fsp3) is 0.533. The van der Waals surface area contributed by atoms with Gasteiger partial charge in [0.2, 0.25) is 0 Å². The van der Waals surface area contributed by atoms with Gasteiger partial charge in [0, 0.05) is 25.7 Å². The van der Waals surface area contributed by atoms with Gasteiger partial charge in [-0.25, -0.2) is 8.42 Å². The molecule has 7 heteroatoms. The number of hydrogen-bond acceptors (Lipinski definition) is 4. The molecular weight excluding hydrogens is 304 g/mol. The van der Waals surface area contributed by atoms with Gasteiger partial charge in [-0.15, -0.1) is 0 Å². The van der Waals surface area contributed by atoms with E-state index in [0.717, 1.165) is 43.2 Å². The van der Waals surface area contributed by atoms with Gasteiger partial charge >= 0.3 is 0 Å². The van der Waals surface area contributed by atoms with Crippen molar-refractivity contribution in [1.82, 2.24) is 9.37 Å². The molecule has 2 rings (SSSR count). The molecule has 0 aromatic heterocycles. The molecule has 1 saturated heterocycles. The first-order valence-electron chi connectivity index (χ1n) is 7.39. The van der Waals surface area contributed by atoms with E-state index in [0.29, 0.717) is 5.56 Å². The van der Waals surface area contributed by atoms with Crippen molar-refractivity contribution in [1.29, 1.82) is 0 Å². The molecule has 1 aliphatic rings. The van der Waals surface area contributed by atoms with E-state index in [1.54, 1.807) is 12.1 Å². The predicted octanol–water partition coefficient (Wildman–Crippen LogP) is 1.88. The van der Waals surface area contributed by atoms with Crippen molar-refractivity contribution in [3.63, 3.8) is 0 Å². The Hall–Kier alpha value is -1.44. The third-order valence-corrected chi connectivity index (χ3v) is 5.58. The number of carbonyl (C=O) groups is 1. The molecule has 1 amide bonds. The van der Waals surface area contributed by atoms with Gasteiger partial charge in [0.15, 0.2) is 0 Å². The number of hydroxylamine groups is 1. The van der Waals surface area contributed by atoms with Crippen molar-refractivity contribution >= 4 is 15.9 Å². The van der Waals surface area contributed by atoms with Gasteiger partial charge < -0.3 is 4.90 Å². The summed E-state index contributed by atoms with van der Waals surface area (Å²) >= 11 is 0. The third-order valence-electron chi connectivity index (χ3n) is 3.89. The summed E-state index contributed by atoms with van der Waals surface area (Å²) in [6, 6.07) is 6.00. The molecule has 122 valence electrons. The lowest BCUT2D eigenvalue weighted by Gasteiger charge is -2.20. The molecule has 6 nitrogen and oxygen atoms in total. The van der Waals surface area contributed by atoms with E-state index in [2.05, 4.69) is 0 Å². The summed E-state index contributed by atoms with van der Waals surface area (Å²) in [4.78, 5) is 19.1. The minimum atomic E-state index is -3.68. The summed E-state index contributed by atoms with van der Waals surface area (Å²) in [5.41, 5.74) is 0.515. The number of hydrogen-bond donors (Lipinski definition) is 0. The summed E-state index contributed by atoms with van der Waals surface area (Å²) in [5, 5.41) is 0. The second-order valence-corrected chi connectivity index (χ2v) is 7.26. The fourth-order valence-corrected chi connectivity index (χ4v) is 3.45. The molecule has 1 fully saturated rings. The molecule has 22 heavy (non-hydrogen) atoms.